The lowest BCUT2D eigenvalue weighted by atomic mass is 9.92. The highest BCUT2D eigenvalue weighted by molar-refractivity contribution is 5.96. The minimum atomic E-state index is -0.536. The molecule has 27 heavy (non-hydrogen) atoms. The van der Waals surface area contributed by atoms with Gasteiger partial charge in [0.2, 0.25) is 0 Å². The van der Waals surface area contributed by atoms with Crippen LogP contribution < -0.4 is 5.32 Å². The molecule has 1 atom stereocenters. The Labute approximate surface area is 165 Å². The number of allylic oxidation sites excluding steroid dienone is 4. The van der Waals surface area contributed by atoms with Crippen molar-refractivity contribution in [2.75, 3.05) is 26.2 Å². The maximum atomic E-state index is 12.8. The number of carbonyl (C=O) groups is 1. The first-order valence-electron chi connectivity index (χ1n) is 10.4. The normalized spacial score (nSPS) is 21.1. The number of halogens is 1. The highest BCUT2D eigenvalue weighted by Crippen LogP contribution is 2.21. The van der Waals surface area contributed by atoms with Gasteiger partial charge in [-0.2, -0.15) is 0 Å². The van der Waals surface area contributed by atoms with E-state index in [9.17, 15) is 9.18 Å². The quantitative estimate of drug-likeness (QED) is 0.725. The van der Waals surface area contributed by atoms with Crippen LogP contribution in [0.25, 0.3) is 0 Å². The summed E-state index contributed by atoms with van der Waals surface area (Å²) in [5, 5.41) is 2.86. The molecule has 1 fully saturated rings. The Morgan fingerprint density at radius 2 is 1.93 bits per heavy atom. The van der Waals surface area contributed by atoms with Crippen molar-refractivity contribution < 1.29 is 9.18 Å². The molecule has 1 amide bonds. The first-order chi connectivity index (χ1) is 12.7. The molecule has 1 aliphatic heterocycles. The molecule has 2 rings (SSSR count). The van der Waals surface area contributed by atoms with Gasteiger partial charge in [-0.1, -0.05) is 58.9 Å². The maximum Gasteiger partial charge on any atom is 0.250 e. The molecule has 0 radical (unpaired) electrons. The summed E-state index contributed by atoms with van der Waals surface area (Å²) in [7, 11) is 0. The van der Waals surface area contributed by atoms with Gasteiger partial charge in [-0.15, -0.1) is 0 Å². The van der Waals surface area contributed by atoms with Crippen LogP contribution in [0.1, 0.15) is 60.3 Å². The SMILES string of the molecule is CC(C)(C)CCN1CCC(F)CC1.CCCNC(=O)C1=CC(C)C=CC=C1. The average molecular weight is 379 g/mol. The van der Waals surface area contributed by atoms with E-state index in [1.807, 2.05) is 31.2 Å². The van der Waals surface area contributed by atoms with Crippen LogP contribution in [0.3, 0.4) is 0 Å². The van der Waals surface area contributed by atoms with Gasteiger partial charge < -0.3 is 10.2 Å². The Morgan fingerprint density at radius 1 is 1.26 bits per heavy atom. The molecule has 0 saturated carbocycles. The topological polar surface area (TPSA) is 32.3 Å². The van der Waals surface area contributed by atoms with Crippen molar-refractivity contribution in [1.29, 1.82) is 0 Å². The summed E-state index contributed by atoms with van der Waals surface area (Å²) in [6.45, 7) is 14.7. The summed E-state index contributed by atoms with van der Waals surface area (Å²) >= 11 is 0. The number of alkyl halides is 1. The fourth-order valence-corrected chi connectivity index (χ4v) is 2.90. The minimum Gasteiger partial charge on any atom is -0.352 e. The van der Waals surface area contributed by atoms with Gasteiger partial charge in [-0.25, -0.2) is 4.39 Å². The third-order valence-corrected chi connectivity index (χ3v) is 4.74. The summed E-state index contributed by atoms with van der Waals surface area (Å²) in [5.74, 6) is 0.353. The van der Waals surface area contributed by atoms with E-state index in [0.717, 1.165) is 51.0 Å². The summed E-state index contributed by atoms with van der Waals surface area (Å²) < 4.78 is 12.8. The van der Waals surface area contributed by atoms with E-state index in [4.69, 9.17) is 0 Å². The molecule has 1 unspecified atom stereocenters. The van der Waals surface area contributed by atoms with E-state index in [2.05, 4.69) is 44.0 Å². The lowest BCUT2D eigenvalue weighted by Gasteiger charge is -2.30. The van der Waals surface area contributed by atoms with Gasteiger partial charge in [-0.05, 0) is 49.6 Å². The lowest BCUT2D eigenvalue weighted by molar-refractivity contribution is -0.117. The molecular weight excluding hydrogens is 339 g/mol. The third-order valence-electron chi connectivity index (χ3n) is 4.74. The smallest absolute Gasteiger partial charge is 0.250 e. The zero-order valence-electron chi connectivity index (χ0n) is 17.9. The molecule has 2 aliphatic rings. The zero-order valence-corrected chi connectivity index (χ0v) is 17.9. The molecule has 1 aliphatic carbocycles. The van der Waals surface area contributed by atoms with E-state index in [0.29, 0.717) is 11.3 Å². The van der Waals surface area contributed by atoms with Crippen LogP contribution in [-0.4, -0.2) is 43.2 Å². The third kappa shape index (κ3) is 11.1. The maximum absolute atomic E-state index is 12.8. The molecule has 0 aromatic carbocycles. The van der Waals surface area contributed by atoms with Crippen LogP contribution in [0.2, 0.25) is 0 Å². The lowest BCUT2D eigenvalue weighted by Crippen LogP contribution is -2.36. The highest BCUT2D eigenvalue weighted by atomic mass is 19.1. The van der Waals surface area contributed by atoms with E-state index in [1.165, 1.54) is 6.42 Å². The molecule has 0 spiro atoms. The predicted molar refractivity (Wildman–Crippen MR) is 113 cm³/mol. The Bertz CT molecular complexity index is 523. The van der Waals surface area contributed by atoms with Crippen LogP contribution in [0.5, 0.6) is 0 Å². The van der Waals surface area contributed by atoms with Crippen LogP contribution in [0.15, 0.2) is 36.0 Å². The molecule has 3 nitrogen and oxygen atoms in total. The van der Waals surface area contributed by atoms with Crippen molar-refractivity contribution >= 4 is 5.91 Å². The molecule has 1 heterocycles. The van der Waals surface area contributed by atoms with Crippen molar-refractivity contribution in [3.8, 4) is 0 Å². The van der Waals surface area contributed by atoms with Crippen LogP contribution in [-0.2, 0) is 4.79 Å². The zero-order chi connectivity index (χ0) is 20.3. The number of hydrogen-bond acceptors (Lipinski definition) is 2. The fraction of sp³-hybridized carbons (Fsp3) is 0.696. The molecule has 0 bridgehead atoms. The highest BCUT2D eigenvalue weighted by Gasteiger charge is 2.19. The predicted octanol–water partition coefficient (Wildman–Crippen LogP) is 5.06. The van der Waals surface area contributed by atoms with Crippen molar-refractivity contribution in [2.24, 2.45) is 11.3 Å². The Morgan fingerprint density at radius 3 is 2.52 bits per heavy atom. The number of likely N-dealkylation sites (tertiary alicyclic amines) is 1. The van der Waals surface area contributed by atoms with Crippen LogP contribution in [0.4, 0.5) is 4.39 Å². The Balaban J connectivity index is 0.000000271. The molecule has 0 aromatic heterocycles. The van der Waals surface area contributed by atoms with Gasteiger partial charge in [0.15, 0.2) is 0 Å². The van der Waals surface area contributed by atoms with Gasteiger partial charge in [0.1, 0.15) is 6.17 Å². The first kappa shape index (κ1) is 23.6. The Hall–Kier alpha value is -1.42. The molecule has 1 N–H and O–H groups in total. The van der Waals surface area contributed by atoms with E-state index in [1.54, 1.807) is 0 Å². The summed E-state index contributed by atoms with van der Waals surface area (Å²) in [6, 6.07) is 0. The number of hydrogen-bond donors (Lipinski definition) is 1. The number of nitrogens with zero attached hydrogens (tertiary/aromatic N) is 1. The van der Waals surface area contributed by atoms with E-state index in [-0.39, 0.29) is 5.91 Å². The summed E-state index contributed by atoms with van der Waals surface area (Å²) in [4.78, 5) is 14.0. The van der Waals surface area contributed by atoms with Gasteiger partial charge in [0.05, 0.1) is 0 Å². The van der Waals surface area contributed by atoms with Gasteiger partial charge in [0, 0.05) is 25.2 Å². The number of carbonyl (C=O) groups excluding carboxylic acids is 1. The number of amides is 1. The average Bonchev–Trinajstić information content (AvgIpc) is 2.83. The molecular formula is C23H39FN2O. The molecule has 154 valence electrons. The second kappa shape index (κ2) is 12.1. The van der Waals surface area contributed by atoms with Crippen molar-refractivity contribution in [1.82, 2.24) is 10.2 Å². The van der Waals surface area contributed by atoms with E-state index >= 15 is 0 Å². The van der Waals surface area contributed by atoms with Crippen molar-refractivity contribution in [3.63, 3.8) is 0 Å². The van der Waals surface area contributed by atoms with Gasteiger partial charge >= 0.3 is 0 Å². The van der Waals surface area contributed by atoms with Crippen molar-refractivity contribution in [3.05, 3.63) is 36.0 Å². The molecule has 4 heteroatoms. The minimum absolute atomic E-state index is 0.0265. The standard InChI is InChI=1S/C12H17NO.C11H22FN/c1-3-8-13-12(14)11-7-5-4-6-10(2)9-11;1-11(2,3)6-9-13-7-4-10(12)5-8-13/h4-7,9-10H,3,8H2,1-2H3,(H,13,14);10H,4-9H2,1-3H3. The van der Waals surface area contributed by atoms with Crippen molar-refractivity contribution in [2.45, 2.75) is 66.5 Å². The monoisotopic (exact) mass is 378 g/mol. The number of nitrogens with one attached hydrogen (secondary N) is 1. The Kier molecular flexibility index (Phi) is 10.6. The van der Waals surface area contributed by atoms with Crippen LogP contribution in [0, 0.1) is 11.3 Å². The second-order valence-electron chi connectivity index (χ2n) is 8.81. The number of rotatable bonds is 5. The largest absolute Gasteiger partial charge is 0.352 e. The van der Waals surface area contributed by atoms with Gasteiger partial charge in [-0.3, -0.25) is 4.79 Å². The summed E-state index contributed by atoms with van der Waals surface area (Å²) in [5.41, 5.74) is 1.17. The molecule has 1 saturated heterocycles. The second-order valence-corrected chi connectivity index (χ2v) is 8.81. The van der Waals surface area contributed by atoms with E-state index < -0.39 is 6.17 Å². The first-order valence-corrected chi connectivity index (χ1v) is 10.4. The summed E-state index contributed by atoms with van der Waals surface area (Å²) in [6.07, 6.45) is 12.9. The van der Waals surface area contributed by atoms with Gasteiger partial charge in [0.25, 0.3) is 5.91 Å². The van der Waals surface area contributed by atoms with Crippen LogP contribution >= 0.6 is 0 Å². The fourth-order valence-electron chi connectivity index (χ4n) is 2.90. The number of piperidine rings is 1. The molecule has 0 aromatic rings.